The molecule has 0 aliphatic heterocycles. The summed E-state index contributed by atoms with van der Waals surface area (Å²) in [4.78, 5) is 8.32. The van der Waals surface area contributed by atoms with E-state index in [1.165, 1.54) is 0 Å². The number of fused-ring (bicyclic) bond motifs is 7. The van der Waals surface area contributed by atoms with Gasteiger partial charge >= 0.3 is 0 Å². The van der Waals surface area contributed by atoms with E-state index in [1.54, 1.807) is 0 Å². The zero-order valence-corrected chi connectivity index (χ0v) is 35.6. The third-order valence-electron chi connectivity index (χ3n) is 12.7. The lowest BCUT2D eigenvalue weighted by molar-refractivity contribution is 1.17. The van der Waals surface area contributed by atoms with Crippen LogP contribution in [0.25, 0.3) is 70.6 Å². The van der Waals surface area contributed by atoms with Gasteiger partial charge in [0.15, 0.2) is 5.69 Å². The van der Waals surface area contributed by atoms with Gasteiger partial charge in [0, 0.05) is 55.7 Å². The average Bonchev–Trinajstić information content (AvgIpc) is 3.89. The highest BCUT2D eigenvalue weighted by Gasteiger charge is 2.26. The van der Waals surface area contributed by atoms with E-state index in [-0.39, 0.29) is 0 Å². The molecule has 0 saturated carbocycles. The van der Waals surface area contributed by atoms with E-state index in [1.807, 2.05) is 48.5 Å². The van der Waals surface area contributed by atoms with E-state index in [0.29, 0.717) is 11.3 Å². The molecule has 0 bridgehead atoms. The Hall–Kier alpha value is -9.36. The highest BCUT2D eigenvalue weighted by molar-refractivity contribution is 6.21. The van der Waals surface area contributed by atoms with Gasteiger partial charge < -0.3 is 18.9 Å². The summed E-state index contributed by atoms with van der Waals surface area (Å²) < 4.78 is 4.84. The first kappa shape index (κ1) is 38.3. The van der Waals surface area contributed by atoms with Crippen molar-refractivity contribution in [2.75, 3.05) is 9.80 Å². The molecule has 0 aliphatic carbocycles. The number of nitriles is 1. The van der Waals surface area contributed by atoms with Gasteiger partial charge in [-0.3, -0.25) is 0 Å². The second kappa shape index (κ2) is 15.8. The van der Waals surface area contributed by atoms with Gasteiger partial charge in [0.2, 0.25) is 0 Å². The van der Waals surface area contributed by atoms with Crippen LogP contribution in [0, 0.1) is 17.9 Å². The molecule has 0 radical (unpaired) electrons. The zero-order chi connectivity index (χ0) is 44.1. The smallest absolute Gasteiger partial charge is 0.187 e. The first-order chi connectivity index (χ1) is 32.7. The van der Waals surface area contributed by atoms with Gasteiger partial charge in [-0.15, -0.1) is 0 Å². The lowest BCUT2D eigenvalue weighted by Crippen LogP contribution is -2.11. The maximum absolute atomic E-state index is 9.75. The first-order valence-corrected chi connectivity index (χ1v) is 21.9. The summed E-state index contributed by atoms with van der Waals surface area (Å²) in [6, 6.07) is 82.8. The van der Waals surface area contributed by atoms with Crippen LogP contribution in [0.5, 0.6) is 0 Å². The summed E-state index contributed by atoms with van der Waals surface area (Å²) >= 11 is 0. The lowest BCUT2D eigenvalue weighted by Gasteiger charge is -2.27. The van der Waals surface area contributed by atoms with Crippen molar-refractivity contribution in [1.29, 1.82) is 5.26 Å². The van der Waals surface area contributed by atoms with Crippen molar-refractivity contribution in [3.63, 3.8) is 0 Å². The largest absolute Gasteiger partial charge is 0.310 e. The second-order valence-corrected chi connectivity index (χ2v) is 16.4. The Kier molecular flexibility index (Phi) is 9.16. The highest BCUT2D eigenvalue weighted by atomic mass is 15.2. The molecule has 0 spiro atoms. The Morgan fingerprint density at radius 3 is 1.26 bits per heavy atom. The molecule has 0 fully saturated rings. The van der Waals surface area contributed by atoms with E-state index in [0.717, 1.165) is 99.9 Å². The van der Waals surface area contributed by atoms with Crippen LogP contribution in [-0.2, 0) is 0 Å². The van der Waals surface area contributed by atoms with Crippen molar-refractivity contribution >= 4 is 94.2 Å². The highest BCUT2D eigenvalue weighted by Crippen LogP contribution is 2.47. The van der Waals surface area contributed by atoms with Crippen molar-refractivity contribution in [3.05, 3.63) is 248 Å². The SMILES string of the molecule is [C-]#[N+]c1ccc(N(c2ccc3c(c2)n(-c2ccccc2)c2c4ccc(N(c5ccc(C#N)cc5)c5cccc6ccccc56)cc4n(-c4ccccc4)c32)c2cccc3ccccc23)cc1. The van der Waals surface area contributed by atoms with Crippen LogP contribution in [0.3, 0.4) is 0 Å². The van der Waals surface area contributed by atoms with Crippen LogP contribution in [0.15, 0.2) is 231 Å². The molecule has 0 saturated heterocycles. The topological polar surface area (TPSA) is 44.5 Å². The van der Waals surface area contributed by atoms with E-state index in [9.17, 15) is 5.26 Å². The molecule has 6 nitrogen and oxygen atoms in total. The van der Waals surface area contributed by atoms with Crippen LogP contribution in [0.2, 0.25) is 0 Å². The monoisotopic (exact) mass is 842 g/mol. The molecule has 2 heterocycles. The fraction of sp³-hybridized carbons (Fsp3) is 0. The molecular weight excluding hydrogens is 805 g/mol. The van der Waals surface area contributed by atoms with Crippen molar-refractivity contribution in [2.24, 2.45) is 0 Å². The van der Waals surface area contributed by atoms with Crippen LogP contribution in [0.1, 0.15) is 5.56 Å². The predicted octanol–water partition coefficient (Wildman–Crippen LogP) is 16.4. The Balaban J connectivity index is 1.15. The van der Waals surface area contributed by atoms with Gasteiger partial charge in [-0.25, -0.2) is 4.85 Å². The number of benzene rings is 10. The molecule has 0 unspecified atom stereocenters. The fourth-order valence-corrected chi connectivity index (χ4v) is 9.75. The summed E-state index contributed by atoms with van der Waals surface area (Å²) in [6.45, 7) is 7.68. The Morgan fingerprint density at radius 1 is 0.394 bits per heavy atom. The Bertz CT molecular complexity index is 3620. The molecule has 6 heteroatoms. The van der Waals surface area contributed by atoms with Crippen molar-refractivity contribution in [3.8, 4) is 17.4 Å². The van der Waals surface area contributed by atoms with Crippen molar-refractivity contribution in [2.45, 2.75) is 0 Å². The maximum Gasteiger partial charge on any atom is 0.187 e. The summed E-state index contributed by atoms with van der Waals surface area (Å²) in [5.74, 6) is 0. The molecule has 0 amide bonds. The molecule has 308 valence electrons. The van der Waals surface area contributed by atoms with Gasteiger partial charge in [0.1, 0.15) is 0 Å². The molecule has 10 aromatic carbocycles. The van der Waals surface area contributed by atoms with Crippen LogP contribution < -0.4 is 9.80 Å². The molecule has 0 aliphatic rings. The van der Waals surface area contributed by atoms with Gasteiger partial charge in [0.25, 0.3) is 0 Å². The Labute approximate surface area is 381 Å². The molecule has 12 rings (SSSR count). The number of para-hydroxylation sites is 2. The van der Waals surface area contributed by atoms with E-state index >= 15 is 0 Å². The maximum atomic E-state index is 9.75. The van der Waals surface area contributed by atoms with Gasteiger partial charge in [0.05, 0.1) is 51.6 Å². The van der Waals surface area contributed by atoms with Crippen LogP contribution in [0.4, 0.5) is 39.8 Å². The van der Waals surface area contributed by atoms with Crippen molar-refractivity contribution < 1.29 is 0 Å². The molecule has 0 atom stereocenters. The molecule has 0 N–H and O–H groups in total. The minimum Gasteiger partial charge on any atom is -0.310 e. The zero-order valence-electron chi connectivity index (χ0n) is 35.6. The normalized spacial score (nSPS) is 11.3. The average molecular weight is 843 g/mol. The number of rotatable bonds is 8. The Morgan fingerprint density at radius 2 is 0.803 bits per heavy atom. The van der Waals surface area contributed by atoms with Crippen LogP contribution >= 0.6 is 0 Å². The van der Waals surface area contributed by atoms with Crippen molar-refractivity contribution in [1.82, 2.24) is 9.13 Å². The third kappa shape index (κ3) is 6.25. The lowest BCUT2D eigenvalue weighted by atomic mass is 10.1. The minimum atomic E-state index is 0.599. The summed E-state index contributed by atoms with van der Waals surface area (Å²) in [7, 11) is 0. The molecular formula is C60H38N6. The van der Waals surface area contributed by atoms with Gasteiger partial charge in [-0.1, -0.05) is 121 Å². The summed E-state index contributed by atoms with van der Waals surface area (Å²) in [5, 5.41) is 16.5. The van der Waals surface area contributed by atoms with E-state index in [2.05, 4.69) is 212 Å². The van der Waals surface area contributed by atoms with Gasteiger partial charge in [-0.2, -0.15) is 5.26 Å². The summed E-state index contributed by atoms with van der Waals surface area (Å²) in [6.07, 6.45) is 0. The van der Waals surface area contributed by atoms with E-state index in [4.69, 9.17) is 6.57 Å². The molecule has 2 aromatic heterocycles. The third-order valence-corrected chi connectivity index (χ3v) is 12.7. The predicted molar refractivity (Wildman–Crippen MR) is 273 cm³/mol. The number of anilines is 6. The quantitative estimate of drug-likeness (QED) is 0.143. The number of aromatic nitrogens is 2. The first-order valence-electron chi connectivity index (χ1n) is 21.9. The van der Waals surface area contributed by atoms with E-state index < -0.39 is 0 Å². The molecule has 66 heavy (non-hydrogen) atoms. The van der Waals surface area contributed by atoms with Gasteiger partial charge in [-0.05, 0) is 120 Å². The van der Waals surface area contributed by atoms with Crippen LogP contribution in [-0.4, -0.2) is 9.13 Å². The second-order valence-electron chi connectivity index (χ2n) is 16.4. The summed E-state index contributed by atoms with van der Waals surface area (Å²) in [5.41, 5.74) is 13.7. The number of hydrogen-bond acceptors (Lipinski definition) is 3. The fourth-order valence-electron chi connectivity index (χ4n) is 9.75. The molecule has 12 aromatic rings. The standard InChI is InChI=1S/C60H38N6/c1-62-44-28-32-48(33-29-44)64(56-25-13-17-43-15-9-11-23-52(43)56)50-35-37-54-58(39-50)66(46-20-6-3-7-21-46)59-53-36-34-49(38-57(53)65(60(54)59)45-18-4-2-5-19-45)63(47-30-26-41(40-61)27-31-47)55-24-12-16-42-14-8-10-22-51(42)55/h2-39H. The number of hydrogen-bond donors (Lipinski definition) is 0. The minimum absolute atomic E-state index is 0.599. The number of nitrogens with zero attached hydrogens (tertiary/aromatic N) is 6.